The molecule has 0 unspecified atom stereocenters. The molecule has 0 aliphatic carbocycles. The third-order valence-corrected chi connectivity index (χ3v) is 2.43. The SMILES string of the molecule is Cc1nn(C)c(N(CC(=O)O)CC(F)(F)F)c1C(N)=O. The van der Waals surface area contributed by atoms with Gasteiger partial charge in [-0.15, -0.1) is 0 Å². The quantitative estimate of drug-likeness (QED) is 0.812. The summed E-state index contributed by atoms with van der Waals surface area (Å²) >= 11 is 0. The molecule has 112 valence electrons. The Bertz CT molecular complexity index is 539. The molecule has 0 radical (unpaired) electrons. The first-order chi connectivity index (χ1) is 9.03. The summed E-state index contributed by atoms with van der Waals surface area (Å²) in [5.41, 5.74) is 5.02. The molecular formula is C10H13F3N4O3. The second kappa shape index (κ2) is 5.39. The van der Waals surface area contributed by atoms with Crippen molar-refractivity contribution in [1.82, 2.24) is 9.78 Å². The number of nitrogens with zero attached hydrogens (tertiary/aromatic N) is 3. The van der Waals surface area contributed by atoms with E-state index in [0.29, 0.717) is 4.90 Å². The standard InChI is InChI=1S/C10H13F3N4O3/c1-5-7(8(14)20)9(16(2)15-5)17(3-6(18)19)4-10(11,12)13/h3-4H2,1-2H3,(H2,14,20)(H,18,19). The van der Waals surface area contributed by atoms with Crippen LogP contribution >= 0.6 is 0 Å². The molecule has 0 aromatic carbocycles. The number of carbonyl (C=O) groups is 2. The average Bonchev–Trinajstić information content (AvgIpc) is 2.49. The summed E-state index contributed by atoms with van der Waals surface area (Å²) in [5.74, 6) is -2.71. The van der Waals surface area contributed by atoms with E-state index in [1.54, 1.807) is 0 Å². The molecule has 1 aromatic rings. The molecule has 0 aliphatic heterocycles. The van der Waals surface area contributed by atoms with Crippen LogP contribution in [-0.2, 0) is 11.8 Å². The number of hydrogen-bond acceptors (Lipinski definition) is 4. The van der Waals surface area contributed by atoms with Gasteiger partial charge in [0.1, 0.15) is 24.5 Å². The number of aryl methyl sites for hydroxylation is 2. The highest BCUT2D eigenvalue weighted by Crippen LogP contribution is 2.26. The molecule has 0 aliphatic rings. The monoisotopic (exact) mass is 294 g/mol. The first-order valence-corrected chi connectivity index (χ1v) is 5.40. The first kappa shape index (κ1) is 15.8. The maximum absolute atomic E-state index is 12.5. The molecule has 1 rings (SSSR count). The van der Waals surface area contributed by atoms with E-state index in [2.05, 4.69) is 5.10 Å². The lowest BCUT2D eigenvalue weighted by molar-refractivity contribution is -0.136. The molecule has 0 saturated carbocycles. The lowest BCUT2D eigenvalue weighted by Crippen LogP contribution is -2.40. The number of aromatic nitrogens is 2. The van der Waals surface area contributed by atoms with Gasteiger partial charge in [-0.25, -0.2) is 0 Å². The van der Waals surface area contributed by atoms with Crippen LogP contribution < -0.4 is 10.6 Å². The number of alkyl halides is 3. The topological polar surface area (TPSA) is 101 Å². The van der Waals surface area contributed by atoms with E-state index in [1.807, 2.05) is 0 Å². The molecule has 10 heteroatoms. The van der Waals surface area contributed by atoms with Crippen molar-refractivity contribution in [3.05, 3.63) is 11.3 Å². The molecule has 1 heterocycles. The Balaban J connectivity index is 3.33. The van der Waals surface area contributed by atoms with Crippen molar-refractivity contribution in [3.8, 4) is 0 Å². The van der Waals surface area contributed by atoms with Crippen LogP contribution in [0.15, 0.2) is 0 Å². The summed E-state index contributed by atoms with van der Waals surface area (Å²) in [6, 6.07) is 0. The van der Waals surface area contributed by atoms with E-state index in [9.17, 15) is 22.8 Å². The summed E-state index contributed by atoms with van der Waals surface area (Å²) in [5, 5.41) is 12.5. The Hall–Kier alpha value is -2.26. The summed E-state index contributed by atoms with van der Waals surface area (Å²) in [7, 11) is 1.31. The lowest BCUT2D eigenvalue weighted by Gasteiger charge is -2.24. The average molecular weight is 294 g/mol. The van der Waals surface area contributed by atoms with Crippen LogP contribution in [0.2, 0.25) is 0 Å². The zero-order valence-corrected chi connectivity index (χ0v) is 10.7. The highest BCUT2D eigenvalue weighted by molar-refractivity contribution is 5.99. The number of nitrogens with two attached hydrogens (primary N) is 1. The van der Waals surface area contributed by atoms with Gasteiger partial charge in [-0.3, -0.25) is 14.3 Å². The van der Waals surface area contributed by atoms with Gasteiger partial charge in [0.15, 0.2) is 0 Å². The normalized spacial score (nSPS) is 11.4. The largest absolute Gasteiger partial charge is 0.480 e. The second-order valence-corrected chi connectivity index (χ2v) is 4.14. The van der Waals surface area contributed by atoms with Crippen LogP contribution in [0, 0.1) is 6.92 Å². The van der Waals surface area contributed by atoms with E-state index in [0.717, 1.165) is 4.68 Å². The van der Waals surface area contributed by atoms with Crippen molar-refractivity contribution < 1.29 is 27.9 Å². The Morgan fingerprint density at radius 2 is 2.00 bits per heavy atom. The fourth-order valence-corrected chi connectivity index (χ4v) is 1.88. The van der Waals surface area contributed by atoms with Gasteiger partial charge in [0.05, 0.1) is 5.69 Å². The van der Waals surface area contributed by atoms with Crippen molar-refractivity contribution in [3.63, 3.8) is 0 Å². The highest BCUT2D eigenvalue weighted by atomic mass is 19.4. The Morgan fingerprint density at radius 1 is 1.45 bits per heavy atom. The summed E-state index contributed by atoms with van der Waals surface area (Å²) in [6.45, 7) is -1.06. The van der Waals surface area contributed by atoms with Gasteiger partial charge >= 0.3 is 12.1 Å². The number of amides is 1. The van der Waals surface area contributed by atoms with Gasteiger partial charge < -0.3 is 15.7 Å². The van der Waals surface area contributed by atoms with E-state index in [-0.39, 0.29) is 17.1 Å². The van der Waals surface area contributed by atoms with E-state index < -0.39 is 31.1 Å². The van der Waals surface area contributed by atoms with Crippen LogP contribution in [-0.4, -0.2) is 46.0 Å². The zero-order chi connectivity index (χ0) is 15.7. The maximum atomic E-state index is 12.5. The zero-order valence-electron chi connectivity index (χ0n) is 10.7. The smallest absolute Gasteiger partial charge is 0.405 e. The number of hydrogen-bond donors (Lipinski definition) is 2. The molecule has 3 N–H and O–H groups in total. The number of carboxylic acid groups (broad SMARTS) is 1. The fraction of sp³-hybridized carbons (Fsp3) is 0.500. The number of aliphatic carboxylic acids is 1. The van der Waals surface area contributed by atoms with Crippen LogP contribution in [0.5, 0.6) is 0 Å². The molecule has 7 nitrogen and oxygen atoms in total. The maximum Gasteiger partial charge on any atom is 0.405 e. The Labute approximate surface area is 111 Å². The Morgan fingerprint density at radius 3 is 2.40 bits per heavy atom. The van der Waals surface area contributed by atoms with Gasteiger partial charge in [0.25, 0.3) is 5.91 Å². The fourth-order valence-electron chi connectivity index (χ4n) is 1.88. The lowest BCUT2D eigenvalue weighted by atomic mass is 10.2. The van der Waals surface area contributed by atoms with Gasteiger partial charge in [-0.2, -0.15) is 18.3 Å². The van der Waals surface area contributed by atoms with Crippen LogP contribution in [0.25, 0.3) is 0 Å². The molecule has 0 fully saturated rings. The number of halogens is 3. The van der Waals surface area contributed by atoms with Crippen LogP contribution in [0.4, 0.5) is 19.0 Å². The number of carbonyl (C=O) groups excluding carboxylic acids is 1. The number of anilines is 1. The minimum atomic E-state index is -4.64. The molecule has 0 saturated heterocycles. The summed E-state index contributed by atoms with van der Waals surface area (Å²) in [4.78, 5) is 22.5. The number of rotatable bonds is 5. The van der Waals surface area contributed by atoms with Crippen molar-refractivity contribution in [2.45, 2.75) is 13.1 Å². The second-order valence-electron chi connectivity index (χ2n) is 4.14. The van der Waals surface area contributed by atoms with Crippen molar-refractivity contribution in [2.24, 2.45) is 12.8 Å². The summed E-state index contributed by atoms with van der Waals surface area (Å²) < 4.78 is 38.6. The number of carboxylic acids is 1. The van der Waals surface area contributed by atoms with Crippen molar-refractivity contribution >= 4 is 17.7 Å². The minimum Gasteiger partial charge on any atom is -0.480 e. The molecule has 1 amide bonds. The molecular weight excluding hydrogens is 281 g/mol. The van der Waals surface area contributed by atoms with Gasteiger partial charge in [0, 0.05) is 7.05 Å². The molecule has 0 bridgehead atoms. The van der Waals surface area contributed by atoms with Gasteiger partial charge in [-0.05, 0) is 6.92 Å². The van der Waals surface area contributed by atoms with E-state index in [1.165, 1.54) is 14.0 Å². The molecule has 0 spiro atoms. The van der Waals surface area contributed by atoms with Gasteiger partial charge in [-0.1, -0.05) is 0 Å². The van der Waals surface area contributed by atoms with Crippen molar-refractivity contribution in [1.29, 1.82) is 0 Å². The molecule has 20 heavy (non-hydrogen) atoms. The van der Waals surface area contributed by atoms with Crippen LogP contribution in [0.1, 0.15) is 16.1 Å². The third-order valence-electron chi connectivity index (χ3n) is 2.43. The molecule has 0 atom stereocenters. The van der Waals surface area contributed by atoms with Crippen molar-refractivity contribution in [2.75, 3.05) is 18.0 Å². The Kier molecular flexibility index (Phi) is 4.26. The minimum absolute atomic E-state index is 0.132. The number of primary amides is 1. The van der Waals surface area contributed by atoms with Crippen LogP contribution in [0.3, 0.4) is 0 Å². The predicted molar refractivity (Wildman–Crippen MR) is 62.4 cm³/mol. The van der Waals surface area contributed by atoms with Gasteiger partial charge in [0.2, 0.25) is 0 Å². The first-order valence-electron chi connectivity index (χ1n) is 5.40. The predicted octanol–water partition coefficient (Wildman–Crippen LogP) is 0.281. The van der Waals surface area contributed by atoms with E-state index >= 15 is 0 Å². The highest BCUT2D eigenvalue weighted by Gasteiger charge is 2.35. The third kappa shape index (κ3) is 3.62. The van der Waals surface area contributed by atoms with E-state index in [4.69, 9.17) is 10.8 Å². The molecule has 1 aromatic heterocycles. The summed E-state index contributed by atoms with van der Waals surface area (Å²) in [6.07, 6.45) is -4.64.